The zero-order valence-electron chi connectivity index (χ0n) is 15.9. The lowest BCUT2D eigenvalue weighted by molar-refractivity contribution is -0.384. The van der Waals surface area contributed by atoms with Gasteiger partial charge in [-0.3, -0.25) is 24.6 Å². The summed E-state index contributed by atoms with van der Waals surface area (Å²) < 4.78 is 5.06. The van der Waals surface area contributed by atoms with Crippen LogP contribution in [-0.2, 0) is 9.59 Å². The van der Waals surface area contributed by atoms with Crippen molar-refractivity contribution in [2.75, 3.05) is 37.9 Å². The highest BCUT2D eigenvalue weighted by atomic mass is 16.6. The van der Waals surface area contributed by atoms with Gasteiger partial charge in [0.05, 0.1) is 30.8 Å². The van der Waals surface area contributed by atoms with E-state index in [0.29, 0.717) is 22.7 Å². The molecule has 0 aliphatic heterocycles. The molecule has 0 spiro atoms. The summed E-state index contributed by atoms with van der Waals surface area (Å²) in [4.78, 5) is 36.2. The molecule has 0 unspecified atom stereocenters. The van der Waals surface area contributed by atoms with Crippen molar-refractivity contribution in [3.05, 3.63) is 58.1 Å². The summed E-state index contributed by atoms with van der Waals surface area (Å²) in [7, 11) is 3.19. The summed E-state index contributed by atoms with van der Waals surface area (Å²) >= 11 is 0. The number of ether oxygens (including phenoxy) is 1. The summed E-state index contributed by atoms with van der Waals surface area (Å²) in [6.45, 7) is 1.71. The van der Waals surface area contributed by atoms with Gasteiger partial charge in [-0.15, -0.1) is 0 Å². The normalized spacial score (nSPS) is 10.4. The van der Waals surface area contributed by atoms with Gasteiger partial charge in [-0.2, -0.15) is 0 Å². The zero-order valence-corrected chi connectivity index (χ0v) is 15.9. The summed E-state index contributed by atoms with van der Waals surface area (Å²) in [6.07, 6.45) is 0. The first kappa shape index (κ1) is 20.8. The van der Waals surface area contributed by atoms with Crippen molar-refractivity contribution in [2.24, 2.45) is 0 Å². The largest absolute Gasteiger partial charge is 0.497 e. The maximum absolute atomic E-state index is 12.2. The highest BCUT2D eigenvalue weighted by Crippen LogP contribution is 2.21. The molecule has 0 atom stereocenters. The Kier molecular flexibility index (Phi) is 7.05. The van der Waals surface area contributed by atoms with Crippen LogP contribution in [-0.4, -0.2) is 48.9 Å². The van der Waals surface area contributed by atoms with Crippen LogP contribution in [0.3, 0.4) is 0 Å². The summed E-state index contributed by atoms with van der Waals surface area (Å²) in [5.41, 5.74) is 1.60. The number of anilines is 2. The number of nitro groups is 1. The summed E-state index contributed by atoms with van der Waals surface area (Å²) in [6, 6.07) is 11.1. The Labute approximate surface area is 162 Å². The minimum atomic E-state index is -0.523. The monoisotopic (exact) mass is 386 g/mol. The van der Waals surface area contributed by atoms with Crippen molar-refractivity contribution in [3.63, 3.8) is 0 Å². The van der Waals surface area contributed by atoms with Crippen LogP contribution in [0, 0.1) is 17.0 Å². The standard InChI is InChI=1S/C19H22N4O5/c1-13-4-7-15(23(26)27)10-17(13)21-19(25)12-22(2)11-18(24)20-14-5-8-16(28-3)9-6-14/h4-10H,11-12H2,1-3H3,(H,20,24)(H,21,25). The number of nitrogens with one attached hydrogen (secondary N) is 2. The molecule has 2 rings (SSSR count). The second kappa shape index (κ2) is 9.47. The third-order valence-electron chi connectivity index (χ3n) is 3.91. The third kappa shape index (κ3) is 6.06. The van der Waals surface area contributed by atoms with Gasteiger partial charge in [0.1, 0.15) is 5.75 Å². The van der Waals surface area contributed by atoms with Crippen molar-refractivity contribution in [1.29, 1.82) is 0 Å². The quantitative estimate of drug-likeness (QED) is 0.532. The van der Waals surface area contributed by atoms with E-state index in [-0.39, 0.29) is 30.6 Å². The Morgan fingerprint density at radius 1 is 1.07 bits per heavy atom. The number of nitrogens with zero attached hydrogens (tertiary/aromatic N) is 2. The number of amides is 2. The molecule has 0 radical (unpaired) electrons. The molecule has 0 aliphatic rings. The molecule has 0 bridgehead atoms. The number of rotatable bonds is 8. The average molecular weight is 386 g/mol. The average Bonchev–Trinajstić information content (AvgIpc) is 2.63. The molecule has 2 aromatic carbocycles. The molecule has 0 aromatic heterocycles. The van der Waals surface area contributed by atoms with Crippen LogP contribution in [0.4, 0.5) is 17.1 Å². The number of carbonyl (C=O) groups excluding carboxylic acids is 2. The lowest BCUT2D eigenvalue weighted by Gasteiger charge is -2.16. The van der Waals surface area contributed by atoms with E-state index in [1.165, 1.54) is 12.1 Å². The van der Waals surface area contributed by atoms with Crippen molar-refractivity contribution >= 4 is 28.9 Å². The molecular weight excluding hydrogens is 364 g/mol. The second-order valence-electron chi connectivity index (χ2n) is 6.25. The van der Waals surface area contributed by atoms with Gasteiger partial charge in [-0.05, 0) is 43.8 Å². The molecule has 9 nitrogen and oxygen atoms in total. The fourth-order valence-electron chi connectivity index (χ4n) is 2.47. The minimum Gasteiger partial charge on any atom is -0.497 e. The van der Waals surface area contributed by atoms with Crippen LogP contribution in [0.25, 0.3) is 0 Å². The van der Waals surface area contributed by atoms with E-state index in [0.717, 1.165) is 0 Å². The summed E-state index contributed by atoms with van der Waals surface area (Å²) in [5.74, 6) is 0.0403. The highest BCUT2D eigenvalue weighted by Gasteiger charge is 2.14. The number of aryl methyl sites for hydroxylation is 1. The number of carbonyl (C=O) groups is 2. The fraction of sp³-hybridized carbons (Fsp3) is 0.263. The first-order valence-electron chi connectivity index (χ1n) is 8.46. The maximum atomic E-state index is 12.2. The maximum Gasteiger partial charge on any atom is 0.271 e. The van der Waals surface area contributed by atoms with E-state index in [1.807, 2.05) is 0 Å². The van der Waals surface area contributed by atoms with Gasteiger partial charge in [0, 0.05) is 17.8 Å². The SMILES string of the molecule is COc1ccc(NC(=O)CN(C)CC(=O)Nc2cc([N+](=O)[O-])ccc2C)cc1. The molecule has 2 amide bonds. The molecule has 0 saturated carbocycles. The van der Waals surface area contributed by atoms with E-state index < -0.39 is 4.92 Å². The molecule has 0 saturated heterocycles. The van der Waals surface area contributed by atoms with E-state index in [1.54, 1.807) is 56.3 Å². The predicted octanol–water partition coefficient (Wildman–Crippen LogP) is 2.42. The van der Waals surface area contributed by atoms with Gasteiger partial charge in [-0.1, -0.05) is 6.07 Å². The van der Waals surface area contributed by atoms with Crippen LogP contribution < -0.4 is 15.4 Å². The van der Waals surface area contributed by atoms with Gasteiger partial charge >= 0.3 is 0 Å². The lowest BCUT2D eigenvalue weighted by Crippen LogP contribution is -2.36. The molecule has 9 heteroatoms. The van der Waals surface area contributed by atoms with Gasteiger partial charge in [-0.25, -0.2) is 0 Å². The topological polar surface area (TPSA) is 114 Å². The molecule has 2 N–H and O–H groups in total. The van der Waals surface area contributed by atoms with Crippen LogP contribution in [0.15, 0.2) is 42.5 Å². The first-order valence-corrected chi connectivity index (χ1v) is 8.46. The molecular formula is C19H22N4O5. The predicted molar refractivity (Wildman–Crippen MR) is 106 cm³/mol. The van der Waals surface area contributed by atoms with E-state index in [9.17, 15) is 19.7 Å². The molecule has 148 valence electrons. The van der Waals surface area contributed by atoms with E-state index >= 15 is 0 Å². The number of hydrogen-bond acceptors (Lipinski definition) is 6. The van der Waals surface area contributed by atoms with Gasteiger partial charge in [0.2, 0.25) is 11.8 Å². The smallest absolute Gasteiger partial charge is 0.271 e. The molecule has 2 aromatic rings. The molecule has 0 fully saturated rings. The number of benzene rings is 2. The van der Waals surface area contributed by atoms with Gasteiger partial charge in [0.25, 0.3) is 5.69 Å². The van der Waals surface area contributed by atoms with Crippen LogP contribution in [0.5, 0.6) is 5.75 Å². The Morgan fingerprint density at radius 3 is 2.25 bits per heavy atom. The second-order valence-corrected chi connectivity index (χ2v) is 6.25. The number of hydrogen-bond donors (Lipinski definition) is 2. The van der Waals surface area contributed by atoms with Gasteiger partial charge in [0.15, 0.2) is 0 Å². The van der Waals surface area contributed by atoms with Crippen molar-refractivity contribution < 1.29 is 19.2 Å². The number of likely N-dealkylation sites (N-methyl/N-ethyl adjacent to an activating group) is 1. The van der Waals surface area contributed by atoms with Crippen molar-refractivity contribution in [2.45, 2.75) is 6.92 Å². The van der Waals surface area contributed by atoms with Crippen LogP contribution in [0.1, 0.15) is 5.56 Å². The van der Waals surface area contributed by atoms with Crippen LogP contribution >= 0.6 is 0 Å². The molecule has 0 heterocycles. The molecule has 0 aliphatic carbocycles. The Morgan fingerprint density at radius 2 is 1.68 bits per heavy atom. The van der Waals surface area contributed by atoms with E-state index in [2.05, 4.69) is 10.6 Å². The molecule has 28 heavy (non-hydrogen) atoms. The minimum absolute atomic E-state index is 0.00731. The summed E-state index contributed by atoms with van der Waals surface area (Å²) in [5, 5.41) is 16.2. The van der Waals surface area contributed by atoms with Crippen molar-refractivity contribution in [1.82, 2.24) is 4.90 Å². The highest BCUT2D eigenvalue weighted by molar-refractivity contribution is 5.95. The fourth-order valence-corrected chi connectivity index (χ4v) is 2.47. The number of methoxy groups -OCH3 is 1. The van der Waals surface area contributed by atoms with Gasteiger partial charge < -0.3 is 15.4 Å². The zero-order chi connectivity index (χ0) is 20.7. The Hall–Kier alpha value is -3.46. The van der Waals surface area contributed by atoms with Crippen LogP contribution in [0.2, 0.25) is 0 Å². The Bertz CT molecular complexity index is 867. The number of non-ortho nitro benzene ring substituents is 1. The van der Waals surface area contributed by atoms with Crippen molar-refractivity contribution in [3.8, 4) is 5.75 Å². The number of nitro benzene ring substituents is 1. The van der Waals surface area contributed by atoms with E-state index in [4.69, 9.17) is 4.74 Å². The third-order valence-corrected chi connectivity index (χ3v) is 3.91. The lowest BCUT2D eigenvalue weighted by atomic mass is 10.2. The Balaban J connectivity index is 1.87. The first-order chi connectivity index (χ1) is 13.3.